The van der Waals surface area contributed by atoms with Crippen molar-refractivity contribution in [2.45, 2.75) is 19.5 Å². The molecule has 23 heavy (non-hydrogen) atoms. The van der Waals surface area contributed by atoms with Crippen molar-refractivity contribution in [3.63, 3.8) is 0 Å². The summed E-state index contributed by atoms with van der Waals surface area (Å²) in [6.07, 6.45) is 1.71. The lowest BCUT2D eigenvalue weighted by Crippen LogP contribution is -2.19. The van der Waals surface area contributed by atoms with E-state index >= 15 is 0 Å². The van der Waals surface area contributed by atoms with E-state index in [-0.39, 0.29) is 6.04 Å². The van der Waals surface area contributed by atoms with E-state index < -0.39 is 0 Å². The third kappa shape index (κ3) is 4.06. The van der Waals surface area contributed by atoms with Gasteiger partial charge in [0, 0.05) is 36.0 Å². The van der Waals surface area contributed by atoms with Crippen molar-refractivity contribution >= 4 is 11.6 Å². The molecule has 0 radical (unpaired) electrons. The van der Waals surface area contributed by atoms with Gasteiger partial charge in [0.05, 0.1) is 26.4 Å². The van der Waals surface area contributed by atoms with Crippen LogP contribution in [0.1, 0.15) is 24.1 Å². The second-order valence-electron chi connectivity index (χ2n) is 5.00. The summed E-state index contributed by atoms with van der Waals surface area (Å²) < 4.78 is 15.9. The molecule has 1 aromatic carbocycles. The molecule has 2 aromatic rings. The minimum atomic E-state index is 0.0262. The Bertz CT molecular complexity index is 664. The number of hydrogen-bond acceptors (Lipinski definition) is 5. The predicted octanol–water partition coefficient (Wildman–Crippen LogP) is 3.61. The molecule has 0 saturated carbocycles. The fourth-order valence-corrected chi connectivity index (χ4v) is 2.59. The first kappa shape index (κ1) is 17.4. The quantitative estimate of drug-likeness (QED) is 0.837. The standard InChI is InChI=1S/C17H21ClN2O3/c1-11(20-10-12-6-5-7-19-17(12)23-4)13-8-14(18)16(22-3)9-15(13)21-2/h5-9,11,20H,10H2,1-4H3/t11-/m1/s1. The summed E-state index contributed by atoms with van der Waals surface area (Å²) >= 11 is 6.23. The SMILES string of the molecule is COc1cc(OC)c([C@@H](C)NCc2cccnc2OC)cc1Cl. The zero-order chi connectivity index (χ0) is 16.8. The van der Waals surface area contributed by atoms with Crippen LogP contribution in [0.5, 0.6) is 17.4 Å². The van der Waals surface area contributed by atoms with Crippen molar-refractivity contribution in [3.8, 4) is 17.4 Å². The minimum absolute atomic E-state index is 0.0262. The fourth-order valence-electron chi connectivity index (χ4n) is 2.34. The van der Waals surface area contributed by atoms with E-state index in [9.17, 15) is 0 Å². The predicted molar refractivity (Wildman–Crippen MR) is 90.6 cm³/mol. The van der Waals surface area contributed by atoms with Gasteiger partial charge in [-0.25, -0.2) is 4.98 Å². The van der Waals surface area contributed by atoms with Crippen LogP contribution in [0.2, 0.25) is 5.02 Å². The van der Waals surface area contributed by atoms with Crippen LogP contribution in [-0.2, 0) is 6.54 Å². The summed E-state index contributed by atoms with van der Waals surface area (Å²) in [7, 11) is 4.82. The number of pyridine rings is 1. The molecule has 1 heterocycles. The van der Waals surface area contributed by atoms with Crippen LogP contribution in [0.15, 0.2) is 30.5 Å². The molecule has 0 unspecified atom stereocenters. The summed E-state index contributed by atoms with van der Waals surface area (Å²) in [6, 6.07) is 7.54. The summed E-state index contributed by atoms with van der Waals surface area (Å²) in [4.78, 5) is 4.19. The second-order valence-corrected chi connectivity index (χ2v) is 5.41. The Hall–Kier alpha value is -1.98. The molecule has 0 fully saturated rings. The number of ether oxygens (including phenoxy) is 3. The molecule has 0 aliphatic carbocycles. The normalized spacial score (nSPS) is 11.9. The lowest BCUT2D eigenvalue weighted by atomic mass is 10.1. The lowest BCUT2D eigenvalue weighted by molar-refractivity contribution is 0.382. The smallest absolute Gasteiger partial charge is 0.217 e. The van der Waals surface area contributed by atoms with Crippen LogP contribution in [0.4, 0.5) is 0 Å². The molecular formula is C17H21ClN2O3. The summed E-state index contributed by atoms with van der Waals surface area (Å²) in [6.45, 7) is 2.66. The zero-order valence-electron chi connectivity index (χ0n) is 13.7. The van der Waals surface area contributed by atoms with E-state index in [1.807, 2.05) is 25.1 Å². The number of methoxy groups -OCH3 is 3. The van der Waals surface area contributed by atoms with Gasteiger partial charge in [0.2, 0.25) is 5.88 Å². The number of rotatable bonds is 7. The van der Waals surface area contributed by atoms with Gasteiger partial charge < -0.3 is 19.5 Å². The number of halogens is 1. The zero-order valence-corrected chi connectivity index (χ0v) is 14.5. The Labute approximate surface area is 141 Å². The Kier molecular flexibility index (Phi) is 6.07. The third-order valence-corrected chi connectivity index (χ3v) is 3.91. The number of nitrogens with zero attached hydrogens (tertiary/aromatic N) is 1. The highest BCUT2D eigenvalue weighted by atomic mass is 35.5. The third-order valence-electron chi connectivity index (χ3n) is 3.61. The molecule has 0 aliphatic rings. The van der Waals surface area contributed by atoms with Crippen LogP contribution >= 0.6 is 11.6 Å². The largest absolute Gasteiger partial charge is 0.496 e. The molecule has 6 heteroatoms. The van der Waals surface area contributed by atoms with E-state index in [1.54, 1.807) is 33.6 Å². The first-order chi connectivity index (χ1) is 11.1. The van der Waals surface area contributed by atoms with Crippen molar-refractivity contribution < 1.29 is 14.2 Å². The molecule has 5 nitrogen and oxygen atoms in total. The highest BCUT2D eigenvalue weighted by Gasteiger charge is 2.16. The molecule has 0 amide bonds. The van der Waals surface area contributed by atoms with Gasteiger partial charge in [0.15, 0.2) is 0 Å². The van der Waals surface area contributed by atoms with Gasteiger partial charge in [-0.3, -0.25) is 0 Å². The van der Waals surface area contributed by atoms with Gasteiger partial charge in [-0.2, -0.15) is 0 Å². The highest BCUT2D eigenvalue weighted by Crippen LogP contribution is 2.35. The van der Waals surface area contributed by atoms with E-state index in [0.29, 0.717) is 23.2 Å². The molecule has 0 bridgehead atoms. The van der Waals surface area contributed by atoms with Crippen LogP contribution in [0.3, 0.4) is 0 Å². The number of nitrogens with one attached hydrogen (secondary N) is 1. The van der Waals surface area contributed by atoms with E-state index in [0.717, 1.165) is 16.9 Å². The maximum Gasteiger partial charge on any atom is 0.217 e. The van der Waals surface area contributed by atoms with Gasteiger partial charge in [-0.05, 0) is 19.1 Å². The Balaban J connectivity index is 2.17. The first-order valence-corrected chi connectivity index (χ1v) is 7.61. The summed E-state index contributed by atoms with van der Waals surface area (Å²) in [5.41, 5.74) is 1.95. The molecule has 1 aromatic heterocycles. The van der Waals surface area contributed by atoms with E-state index in [1.165, 1.54) is 0 Å². The fraction of sp³-hybridized carbons (Fsp3) is 0.353. The van der Waals surface area contributed by atoms with Crippen LogP contribution in [0, 0.1) is 0 Å². The molecule has 124 valence electrons. The molecule has 0 aliphatic heterocycles. The molecule has 1 atom stereocenters. The Morgan fingerprint density at radius 3 is 2.52 bits per heavy atom. The molecule has 0 spiro atoms. The van der Waals surface area contributed by atoms with E-state index in [4.69, 9.17) is 25.8 Å². The maximum absolute atomic E-state index is 6.23. The lowest BCUT2D eigenvalue weighted by Gasteiger charge is -2.19. The van der Waals surface area contributed by atoms with Crippen molar-refractivity contribution in [2.75, 3.05) is 21.3 Å². The van der Waals surface area contributed by atoms with E-state index in [2.05, 4.69) is 10.3 Å². The van der Waals surface area contributed by atoms with Gasteiger partial charge in [-0.15, -0.1) is 0 Å². The van der Waals surface area contributed by atoms with Crippen molar-refractivity contribution in [2.24, 2.45) is 0 Å². The molecule has 2 rings (SSSR count). The average Bonchev–Trinajstić information content (AvgIpc) is 2.59. The van der Waals surface area contributed by atoms with Crippen molar-refractivity contribution in [1.29, 1.82) is 0 Å². The van der Waals surface area contributed by atoms with Crippen LogP contribution in [-0.4, -0.2) is 26.3 Å². The highest BCUT2D eigenvalue weighted by molar-refractivity contribution is 6.32. The number of hydrogen-bond donors (Lipinski definition) is 1. The molecule has 0 saturated heterocycles. The Morgan fingerprint density at radius 2 is 1.87 bits per heavy atom. The average molecular weight is 337 g/mol. The number of aromatic nitrogens is 1. The second kappa shape index (κ2) is 8.04. The van der Waals surface area contributed by atoms with Gasteiger partial charge >= 0.3 is 0 Å². The molecular weight excluding hydrogens is 316 g/mol. The van der Waals surface area contributed by atoms with Gasteiger partial charge in [0.25, 0.3) is 0 Å². The molecule has 1 N–H and O–H groups in total. The first-order valence-electron chi connectivity index (χ1n) is 7.23. The summed E-state index contributed by atoms with van der Waals surface area (Å²) in [5.74, 6) is 1.93. The van der Waals surface area contributed by atoms with Crippen LogP contribution in [0.25, 0.3) is 0 Å². The number of benzene rings is 1. The van der Waals surface area contributed by atoms with Crippen LogP contribution < -0.4 is 19.5 Å². The minimum Gasteiger partial charge on any atom is -0.496 e. The van der Waals surface area contributed by atoms with Crippen molar-refractivity contribution in [3.05, 3.63) is 46.6 Å². The monoisotopic (exact) mass is 336 g/mol. The van der Waals surface area contributed by atoms with Gasteiger partial charge in [0.1, 0.15) is 11.5 Å². The topological polar surface area (TPSA) is 52.6 Å². The Morgan fingerprint density at radius 1 is 1.13 bits per heavy atom. The summed E-state index contributed by atoms with van der Waals surface area (Å²) in [5, 5.41) is 3.98. The van der Waals surface area contributed by atoms with Gasteiger partial charge in [-0.1, -0.05) is 17.7 Å². The maximum atomic E-state index is 6.23. The van der Waals surface area contributed by atoms with Crippen molar-refractivity contribution in [1.82, 2.24) is 10.3 Å².